The quantitative estimate of drug-likeness (QED) is 0.497. The summed E-state index contributed by atoms with van der Waals surface area (Å²) < 4.78 is 6.59. The average molecular weight is 470 g/mol. The number of aromatic nitrogens is 2. The summed E-state index contributed by atoms with van der Waals surface area (Å²) in [4.78, 5) is 39.0. The fraction of sp³-hybridized carbons (Fsp3) is 0.304. The largest absolute Gasteiger partial charge is 0.495 e. The number of carbonyl (C=O) groups is 3. The zero-order chi connectivity index (χ0) is 23.5. The van der Waals surface area contributed by atoms with E-state index in [9.17, 15) is 14.4 Å². The maximum atomic E-state index is 13.1. The van der Waals surface area contributed by atoms with Crippen LogP contribution in [-0.2, 0) is 22.7 Å². The van der Waals surface area contributed by atoms with Crippen LogP contribution in [0.1, 0.15) is 28.9 Å². The van der Waals surface area contributed by atoms with Gasteiger partial charge in [-0.2, -0.15) is 5.10 Å². The molecule has 1 aliphatic rings. The summed E-state index contributed by atoms with van der Waals surface area (Å²) in [6, 6.07) is 12.4. The summed E-state index contributed by atoms with van der Waals surface area (Å²) in [7, 11) is 1.53. The number of carbonyl (C=O) groups excluding carboxylic acids is 3. The Kier molecular flexibility index (Phi) is 6.50. The van der Waals surface area contributed by atoms with Gasteiger partial charge in [0.1, 0.15) is 12.3 Å². The molecule has 0 unspecified atom stereocenters. The van der Waals surface area contributed by atoms with Crippen molar-refractivity contribution in [1.82, 2.24) is 20.0 Å². The van der Waals surface area contributed by atoms with E-state index in [0.717, 1.165) is 18.4 Å². The lowest BCUT2D eigenvalue weighted by molar-refractivity contribution is -0.137. The molecule has 3 amide bonds. The van der Waals surface area contributed by atoms with E-state index >= 15 is 0 Å². The second kappa shape index (κ2) is 9.50. The first kappa shape index (κ1) is 22.6. The van der Waals surface area contributed by atoms with E-state index < -0.39 is 5.91 Å². The minimum atomic E-state index is -0.658. The number of nitrogens with one attached hydrogen (secondary N) is 1. The van der Waals surface area contributed by atoms with E-state index in [0.29, 0.717) is 21.7 Å². The number of hydrogen-bond donors (Lipinski definition) is 2. The molecule has 1 fully saturated rings. The third kappa shape index (κ3) is 5.09. The first-order chi connectivity index (χ1) is 15.9. The molecule has 0 bridgehead atoms. The molecule has 3 aromatic rings. The number of fused-ring (bicyclic) bond motifs is 1. The van der Waals surface area contributed by atoms with Crippen LogP contribution < -0.4 is 15.8 Å². The average Bonchev–Trinajstić information content (AvgIpc) is 3.57. The second-order valence-corrected chi connectivity index (χ2v) is 8.29. The monoisotopic (exact) mass is 469 g/mol. The van der Waals surface area contributed by atoms with Gasteiger partial charge in [0.15, 0.2) is 5.69 Å². The van der Waals surface area contributed by atoms with Crippen molar-refractivity contribution >= 4 is 40.2 Å². The van der Waals surface area contributed by atoms with Crippen LogP contribution in [0.5, 0.6) is 5.75 Å². The minimum Gasteiger partial charge on any atom is -0.495 e. The molecule has 0 saturated heterocycles. The molecule has 172 valence electrons. The molecular weight excluding hydrogens is 446 g/mol. The van der Waals surface area contributed by atoms with E-state index in [-0.39, 0.29) is 43.2 Å². The number of nitrogens with zero attached hydrogens (tertiary/aromatic N) is 3. The number of para-hydroxylation sites is 1. The number of methoxy groups -OCH3 is 1. The first-order valence-electron chi connectivity index (χ1n) is 10.5. The number of primary amides is 1. The van der Waals surface area contributed by atoms with E-state index in [1.807, 2.05) is 6.07 Å². The Hall–Kier alpha value is -3.59. The number of amides is 3. The summed E-state index contributed by atoms with van der Waals surface area (Å²) >= 11 is 6.13. The van der Waals surface area contributed by atoms with Crippen LogP contribution in [0.3, 0.4) is 0 Å². The topological polar surface area (TPSA) is 120 Å². The van der Waals surface area contributed by atoms with Crippen LogP contribution in [0.2, 0.25) is 5.02 Å². The van der Waals surface area contributed by atoms with Gasteiger partial charge in [-0.25, -0.2) is 0 Å². The van der Waals surface area contributed by atoms with Crippen LogP contribution in [0.4, 0.5) is 0 Å². The molecule has 1 heterocycles. The number of rotatable bonds is 9. The molecule has 3 N–H and O–H groups in total. The van der Waals surface area contributed by atoms with Crippen LogP contribution in [0.15, 0.2) is 42.5 Å². The van der Waals surface area contributed by atoms with Crippen molar-refractivity contribution < 1.29 is 19.1 Å². The predicted octanol–water partition coefficient (Wildman–Crippen LogP) is 2.10. The van der Waals surface area contributed by atoms with Gasteiger partial charge in [0, 0.05) is 18.0 Å². The Morgan fingerprint density at radius 2 is 2.00 bits per heavy atom. The molecule has 10 heteroatoms. The van der Waals surface area contributed by atoms with Crippen LogP contribution >= 0.6 is 11.6 Å². The molecule has 33 heavy (non-hydrogen) atoms. The summed E-state index contributed by atoms with van der Waals surface area (Å²) in [5.41, 5.74) is 7.01. The number of nitrogens with two attached hydrogens (primary N) is 1. The molecule has 4 rings (SSSR count). The van der Waals surface area contributed by atoms with Crippen molar-refractivity contribution in [2.45, 2.75) is 32.0 Å². The van der Waals surface area contributed by atoms with E-state index in [1.54, 1.807) is 41.3 Å². The highest BCUT2D eigenvalue weighted by molar-refractivity contribution is 6.32. The third-order valence-corrected chi connectivity index (χ3v) is 5.80. The van der Waals surface area contributed by atoms with Crippen LogP contribution in [0.25, 0.3) is 10.9 Å². The van der Waals surface area contributed by atoms with Gasteiger partial charge >= 0.3 is 0 Å². The standard InChI is InChI=1S/C23H24ClN5O4/c1-33-19-9-6-14(10-17(19)24)11-26-20(30)12-28(15-7-8-15)21(31)13-29-18-5-3-2-4-16(18)22(27-29)23(25)32/h2-6,9-10,15H,7-8,11-13H2,1H3,(H2,25,32)(H,26,30). The fourth-order valence-corrected chi connectivity index (χ4v) is 3.97. The second-order valence-electron chi connectivity index (χ2n) is 7.89. The van der Waals surface area contributed by atoms with Gasteiger partial charge < -0.3 is 20.7 Å². The molecule has 0 spiro atoms. The summed E-state index contributed by atoms with van der Waals surface area (Å²) in [6.45, 7) is 0.127. The van der Waals surface area contributed by atoms with Gasteiger partial charge in [-0.3, -0.25) is 19.1 Å². The third-order valence-electron chi connectivity index (χ3n) is 5.50. The molecule has 9 nitrogen and oxygen atoms in total. The summed E-state index contributed by atoms with van der Waals surface area (Å²) in [6.07, 6.45) is 1.69. The highest BCUT2D eigenvalue weighted by atomic mass is 35.5. The molecule has 1 aliphatic carbocycles. The Morgan fingerprint density at radius 1 is 1.24 bits per heavy atom. The van der Waals surface area contributed by atoms with Gasteiger partial charge in [0.2, 0.25) is 11.8 Å². The van der Waals surface area contributed by atoms with Crippen molar-refractivity contribution in [3.8, 4) is 5.75 Å². The van der Waals surface area contributed by atoms with E-state index in [4.69, 9.17) is 22.1 Å². The smallest absolute Gasteiger partial charge is 0.269 e. The lowest BCUT2D eigenvalue weighted by Crippen LogP contribution is -2.43. The summed E-state index contributed by atoms with van der Waals surface area (Å²) in [5.74, 6) is -0.618. The SMILES string of the molecule is COc1ccc(CNC(=O)CN(C(=O)Cn2nc(C(N)=O)c3ccccc32)C2CC2)cc1Cl. The van der Waals surface area contributed by atoms with Crippen molar-refractivity contribution in [3.05, 3.63) is 58.7 Å². The fourth-order valence-electron chi connectivity index (χ4n) is 3.69. The predicted molar refractivity (Wildman–Crippen MR) is 123 cm³/mol. The molecule has 0 radical (unpaired) electrons. The Labute approximate surface area is 195 Å². The van der Waals surface area contributed by atoms with Gasteiger partial charge in [-0.05, 0) is 36.6 Å². The van der Waals surface area contributed by atoms with Crippen molar-refractivity contribution in [3.63, 3.8) is 0 Å². The number of benzene rings is 2. The molecule has 0 atom stereocenters. The number of ether oxygens (including phenoxy) is 1. The zero-order valence-electron chi connectivity index (χ0n) is 18.1. The van der Waals surface area contributed by atoms with Crippen molar-refractivity contribution in [1.29, 1.82) is 0 Å². The lowest BCUT2D eigenvalue weighted by atomic mass is 10.2. The Balaban J connectivity index is 1.42. The zero-order valence-corrected chi connectivity index (χ0v) is 18.8. The van der Waals surface area contributed by atoms with Crippen molar-refractivity contribution in [2.24, 2.45) is 5.73 Å². The lowest BCUT2D eigenvalue weighted by Gasteiger charge is -2.22. The summed E-state index contributed by atoms with van der Waals surface area (Å²) in [5, 5.41) is 8.12. The highest BCUT2D eigenvalue weighted by Crippen LogP contribution is 2.28. The normalized spacial score (nSPS) is 13.0. The molecule has 1 saturated carbocycles. The van der Waals surface area contributed by atoms with Crippen molar-refractivity contribution in [2.75, 3.05) is 13.7 Å². The number of hydrogen-bond acceptors (Lipinski definition) is 5. The van der Waals surface area contributed by atoms with Gasteiger partial charge in [0.25, 0.3) is 5.91 Å². The Bertz CT molecular complexity index is 1220. The maximum absolute atomic E-state index is 13.1. The highest BCUT2D eigenvalue weighted by Gasteiger charge is 2.34. The molecule has 0 aliphatic heterocycles. The van der Waals surface area contributed by atoms with Gasteiger partial charge in [0.05, 0.1) is 24.2 Å². The van der Waals surface area contributed by atoms with E-state index in [1.165, 1.54) is 11.8 Å². The van der Waals surface area contributed by atoms with E-state index in [2.05, 4.69) is 10.4 Å². The van der Waals surface area contributed by atoms with Crippen LogP contribution in [0, 0.1) is 0 Å². The minimum absolute atomic E-state index is 0.0242. The molecule has 2 aromatic carbocycles. The number of halogens is 1. The molecule has 1 aromatic heterocycles. The Morgan fingerprint density at radius 3 is 2.67 bits per heavy atom. The van der Waals surface area contributed by atoms with Gasteiger partial charge in [-0.15, -0.1) is 0 Å². The molecular formula is C23H24ClN5O4. The van der Waals surface area contributed by atoms with Crippen LogP contribution in [-0.4, -0.2) is 52.1 Å². The first-order valence-corrected chi connectivity index (χ1v) is 10.9. The maximum Gasteiger partial charge on any atom is 0.269 e. The van der Waals surface area contributed by atoms with Gasteiger partial charge in [-0.1, -0.05) is 35.9 Å².